The van der Waals surface area contributed by atoms with Gasteiger partial charge in [0, 0.05) is 18.2 Å². The van der Waals surface area contributed by atoms with E-state index in [1.807, 2.05) is 25.4 Å². The van der Waals surface area contributed by atoms with Crippen LogP contribution in [0.1, 0.15) is 30.9 Å². The predicted molar refractivity (Wildman–Crippen MR) is 60.2 cm³/mol. The first-order valence-electron chi connectivity index (χ1n) is 5.51. The highest BCUT2D eigenvalue weighted by Crippen LogP contribution is 2.37. The van der Waals surface area contributed by atoms with Crippen molar-refractivity contribution in [1.82, 2.24) is 10.3 Å². The molecule has 2 atom stereocenters. The highest BCUT2D eigenvalue weighted by molar-refractivity contribution is 5.30. The van der Waals surface area contributed by atoms with Crippen LogP contribution in [0.2, 0.25) is 0 Å². The number of pyridine rings is 1. The summed E-state index contributed by atoms with van der Waals surface area (Å²) in [5.41, 5.74) is 1.12. The van der Waals surface area contributed by atoms with Crippen LogP contribution in [-0.4, -0.2) is 25.2 Å². The molecule has 0 radical (unpaired) electrons. The van der Waals surface area contributed by atoms with Crippen LogP contribution in [0.5, 0.6) is 5.75 Å². The molecule has 2 unspecified atom stereocenters. The van der Waals surface area contributed by atoms with Crippen molar-refractivity contribution in [2.24, 2.45) is 0 Å². The fourth-order valence-electron chi connectivity index (χ4n) is 2.37. The molecule has 1 saturated carbocycles. The second-order valence-corrected chi connectivity index (χ2v) is 4.09. The van der Waals surface area contributed by atoms with E-state index in [2.05, 4.69) is 10.3 Å². The van der Waals surface area contributed by atoms with Gasteiger partial charge < -0.3 is 10.1 Å². The average Bonchev–Trinajstić information content (AvgIpc) is 2.77. The van der Waals surface area contributed by atoms with Gasteiger partial charge in [0.05, 0.1) is 12.8 Å². The maximum atomic E-state index is 5.34. The van der Waals surface area contributed by atoms with Crippen molar-refractivity contribution in [3.63, 3.8) is 0 Å². The van der Waals surface area contributed by atoms with Crippen molar-refractivity contribution in [3.05, 3.63) is 24.0 Å². The Kier molecular flexibility index (Phi) is 3.21. The van der Waals surface area contributed by atoms with E-state index in [0.717, 1.165) is 11.4 Å². The Morgan fingerprint density at radius 2 is 2.33 bits per heavy atom. The Labute approximate surface area is 90.9 Å². The van der Waals surface area contributed by atoms with Gasteiger partial charge in [-0.1, -0.05) is 0 Å². The smallest absolute Gasteiger partial charge is 0.140 e. The fourth-order valence-corrected chi connectivity index (χ4v) is 2.37. The van der Waals surface area contributed by atoms with E-state index in [1.165, 1.54) is 19.3 Å². The lowest BCUT2D eigenvalue weighted by atomic mass is 10.0. The molecule has 0 aromatic carbocycles. The molecule has 15 heavy (non-hydrogen) atoms. The highest BCUT2D eigenvalue weighted by atomic mass is 16.5. The number of aromatic nitrogens is 1. The number of nitrogens with zero attached hydrogens (tertiary/aromatic N) is 1. The van der Waals surface area contributed by atoms with Crippen LogP contribution in [0, 0.1) is 0 Å². The number of hydrogen-bond acceptors (Lipinski definition) is 3. The molecular formula is C12H18N2O. The lowest BCUT2D eigenvalue weighted by Crippen LogP contribution is -2.21. The minimum atomic E-state index is 0.554. The number of hydrogen-bond donors (Lipinski definition) is 1. The Morgan fingerprint density at radius 3 is 3.00 bits per heavy atom. The molecule has 0 amide bonds. The van der Waals surface area contributed by atoms with Gasteiger partial charge in [-0.15, -0.1) is 0 Å². The van der Waals surface area contributed by atoms with Gasteiger partial charge in [-0.05, 0) is 38.4 Å². The van der Waals surface area contributed by atoms with E-state index >= 15 is 0 Å². The SMILES string of the molecule is CNC1CCC(c2ncccc2OC)C1. The largest absolute Gasteiger partial charge is 0.495 e. The standard InChI is InChI=1S/C12H18N2O/c1-13-10-6-5-9(8-10)12-11(15-2)4-3-7-14-12/h3-4,7,9-10,13H,5-6,8H2,1-2H3. The molecule has 0 bridgehead atoms. The molecule has 2 rings (SSSR count). The first-order chi connectivity index (χ1) is 7.35. The number of rotatable bonds is 3. The third kappa shape index (κ3) is 2.12. The molecule has 3 heteroatoms. The molecule has 1 aliphatic rings. The summed E-state index contributed by atoms with van der Waals surface area (Å²) in [6.45, 7) is 0. The number of nitrogens with one attached hydrogen (secondary N) is 1. The third-order valence-corrected chi connectivity index (χ3v) is 3.25. The molecule has 1 aromatic heterocycles. The summed E-state index contributed by atoms with van der Waals surface area (Å²) in [5.74, 6) is 1.48. The van der Waals surface area contributed by atoms with Crippen LogP contribution < -0.4 is 10.1 Å². The van der Waals surface area contributed by atoms with Crippen molar-refractivity contribution < 1.29 is 4.74 Å². The first kappa shape index (κ1) is 10.4. The molecule has 3 nitrogen and oxygen atoms in total. The molecule has 0 spiro atoms. The molecule has 1 aromatic rings. The Bertz CT molecular complexity index is 327. The normalized spacial score (nSPS) is 25.5. The predicted octanol–water partition coefficient (Wildman–Crippen LogP) is 1.95. The zero-order valence-electron chi connectivity index (χ0n) is 9.36. The lowest BCUT2D eigenvalue weighted by Gasteiger charge is -2.13. The van der Waals surface area contributed by atoms with E-state index in [4.69, 9.17) is 4.74 Å². The molecule has 1 aliphatic carbocycles. The topological polar surface area (TPSA) is 34.2 Å². The van der Waals surface area contributed by atoms with Gasteiger partial charge in [0.1, 0.15) is 5.75 Å². The summed E-state index contributed by atoms with van der Waals surface area (Å²) >= 11 is 0. The zero-order valence-corrected chi connectivity index (χ0v) is 9.36. The van der Waals surface area contributed by atoms with E-state index in [1.54, 1.807) is 7.11 Å². The summed E-state index contributed by atoms with van der Waals surface area (Å²) in [5, 5.41) is 3.33. The average molecular weight is 206 g/mol. The minimum absolute atomic E-state index is 0.554. The van der Waals surface area contributed by atoms with Crippen LogP contribution in [0.3, 0.4) is 0 Å². The number of ether oxygens (including phenoxy) is 1. The van der Waals surface area contributed by atoms with E-state index in [0.29, 0.717) is 12.0 Å². The lowest BCUT2D eigenvalue weighted by molar-refractivity contribution is 0.401. The molecule has 0 aliphatic heterocycles. The highest BCUT2D eigenvalue weighted by Gasteiger charge is 2.27. The maximum Gasteiger partial charge on any atom is 0.140 e. The third-order valence-electron chi connectivity index (χ3n) is 3.25. The molecule has 1 N–H and O–H groups in total. The van der Waals surface area contributed by atoms with Gasteiger partial charge >= 0.3 is 0 Å². The van der Waals surface area contributed by atoms with Crippen molar-refractivity contribution in [3.8, 4) is 5.75 Å². The second kappa shape index (κ2) is 4.62. The van der Waals surface area contributed by atoms with E-state index in [9.17, 15) is 0 Å². The first-order valence-corrected chi connectivity index (χ1v) is 5.51. The summed E-state index contributed by atoms with van der Waals surface area (Å²) in [4.78, 5) is 4.45. The Balaban J connectivity index is 2.16. The Hall–Kier alpha value is -1.09. The molecule has 1 fully saturated rings. The van der Waals surface area contributed by atoms with Crippen LogP contribution in [0.4, 0.5) is 0 Å². The maximum absolute atomic E-state index is 5.34. The summed E-state index contributed by atoms with van der Waals surface area (Å²) < 4.78 is 5.34. The monoisotopic (exact) mass is 206 g/mol. The quantitative estimate of drug-likeness (QED) is 0.820. The van der Waals surface area contributed by atoms with Gasteiger partial charge in [-0.3, -0.25) is 4.98 Å². The van der Waals surface area contributed by atoms with Crippen LogP contribution in [0.25, 0.3) is 0 Å². The van der Waals surface area contributed by atoms with Gasteiger partial charge in [0.25, 0.3) is 0 Å². The van der Waals surface area contributed by atoms with Crippen molar-refractivity contribution in [2.75, 3.05) is 14.2 Å². The van der Waals surface area contributed by atoms with Crippen LogP contribution in [0.15, 0.2) is 18.3 Å². The molecule has 82 valence electrons. The summed E-state index contributed by atoms with van der Waals surface area (Å²) in [6, 6.07) is 4.56. The van der Waals surface area contributed by atoms with Gasteiger partial charge in [-0.2, -0.15) is 0 Å². The molecule has 1 heterocycles. The van der Waals surface area contributed by atoms with Crippen molar-refractivity contribution in [1.29, 1.82) is 0 Å². The van der Waals surface area contributed by atoms with Crippen molar-refractivity contribution >= 4 is 0 Å². The zero-order chi connectivity index (χ0) is 10.7. The fraction of sp³-hybridized carbons (Fsp3) is 0.583. The second-order valence-electron chi connectivity index (χ2n) is 4.09. The summed E-state index contributed by atoms with van der Waals surface area (Å²) in [7, 11) is 3.74. The van der Waals surface area contributed by atoms with Crippen molar-refractivity contribution in [2.45, 2.75) is 31.2 Å². The van der Waals surface area contributed by atoms with Gasteiger partial charge in [-0.25, -0.2) is 0 Å². The minimum Gasteiger partial charge on any atom is -0.495 e. The summed E-state index contributed by atoms with van der Waals surface area (Å²) in [6.07, 6.45) is 5.47. The van der Waals surface area contributed by atoms with E-state index in [-0.39, 0.29) is 0 Å². The van der Waals surface area contributed by atoms with Crippen LogP contribution in [-0.2, 0) is 0 Å². The molecule has 0 saturated heterocycles. The number of methoxy groups -OCH3 is 1. The van der Waals surface area contributed by atoms with Crippen LogP contribution >= 0.6 is 0 Å². The van der Waals surface area contributed by atoms with Gasteiger partial charge in [0.15, 0.2) is 0 Å². The van der Waals surface area contributed by atoms with E-state index < -0.39 is 0 Å². The molecular weight excluding hydrogens is 188 g/mol. The Morgan fingerprint density at radius 1 is 1.47 bits per heavy atom. The van der Waals surface area contributed by atoms with Gasteiger partial charge in [0.2, 0.25) is 0 Å².